The average Bonchev–Trinajstić information content (AvgIpc) is 3.10. The van der Waals surface area contributed by atoms with Crippen molar-refractivity contribution in [2.75, 3.05) is 18.2 Å². The van der Waals surface area contributed by atoms with Gasteiger partial charge < -0.3 is 14.1 Å². The Bertz CT molecular complexity index is 811. The van der Waals surface area contributed by atoms with Crippen LogP contribution in [-0.4, -0.2) is 33.7 Å². The number of methoxy groups -OCH3 is 1. The van der Waals surface area contributed by atoms with Crippen LogP contribution in [0.25, 0.3) is 11.0 Å². The van der Waals surface area contributed by atoms with E-state index in [4.69, 9.17) is 9.15 Å². The fourth-order valence-corrected chi connectivity index (χ4v) is 2.55. The lowest BCUT2D eigenvalue weighted by Crippen LogP contribution is -2.14. The van der Waals surface area contributed by atoms with E-state index in [9.17, 15) is 4.79 Å². The molecule has 0 aliphatic rings. The number of ether oxygens (including phenoxy) is 1. The number of carbonyl (C=O) groups excluding carboxylic acids is 1. The van der Waals surface area contributed by atoms with E-state index in [0.717, 1.165) is 16.8 Å². The molecular formula is C14H14N4O3S. The van der Waals surface area contributed by atoms with Crippen molar-refractivity contribution in [1.82, 2.24) is 15.0 Å². The summed E-state index contributed by atoms with van der Waals surface area (Å²) in [6.45, 7) is 1.76. The van der Waals surface area contributed by atoms with Crippen LogP contribution in [0.5, 0.6) is 5.75 Å². The maximum Gasteiger partial charge on any atom is 0.301 e. The largest absolute Gasteiger partial charge is 0.497 e. The number of nitrogens with zero attached hydrogens (tertiary/aromatic N) is 2. The van der Waals surface area contributed by atoms with Crippen LogP contribution in [0.1, 0.15) is 5.76 Å². The van der Waals surface area contributed by atoms with E-state index in [1.807, 2.05) is 18.2 Å². The minimum atomic E-state index is -0.204. The number of hydrogen-bond acceptors (Lipinski definition) is 6. The van der Waals surface area contributed by atoms with Crippen molar-refractivity contribution >= 4 is 34.7 Å². The van der Waals surface area contributed by atoms with E-state index in [1.165, 1.54) is 11.8 Å². The number of aryl methyl sites for hydroxylation is 1. The number of hydrogen-bond donors (Lipinski definition) is 2. The molecule has 1 aromatic carbocycles. The number of nitrogens with one attached hydrogen (secondary N) is 2. The Morgan fingerprint density at radius 3 is 3.09 bits per heavy atom. The number of aromatic nitrogens is 3. The molecule has 0 saturated carbocycles. The third-order valence-corrected chi connectivity index (χ3v) is 3.75. The molecule has 114 valence electrons. The molecule has 2 N–H and O–H groups in total. The van der Waals surface area contributed by atoms with Crippen molar-refractivity contribution in [3.8, 4) is 5.75 Å². The van der Waals surface area contributed by atoms with Gasteiger partial charge >= 0.3 is 6.01 Å². The highest BCUT2D eigenvalue weighted by Crippen LogP contribution is 2.23. The molecule has 0 saturated heterocycles. The molecule has 2 heterocycles. The van der Waals surface area contributed by atoms with Gasteiger partial charge in [-0.05, 0) is 19.1 Å². The minimum Gasteiger partial charge on any atom is -0.497 e. The first-order valence-corrected chi connectivity index (χ1v) is 7.51. The van der Waals surface area contributed by atoms with Gasteiger partial charge in [-0.3, -0.25) is 10.1 Å². The standard InChI is InChI=1S/C14H14N4O3S/c1-8-6-15-13(21-8)18-12(19)7-22-14-16-10-4-3-9(20-2)5-11(10)17-14/h3-6H,7H2,1-2H3,(H,16,17)(H,15,18,19). The fraction of sp³-hybridized carbons (Fsp3) is 0.214. The SMILES string of the molecule is COc1ccc2nc(SCC(=O)Nc3ncc(C)o3)[nH]c2c1. The second-order valence-electron chi connectivity index (χ2n) is 4.54. The highest BCUT2D eigenvalue weighted by molar-refractivity contribution is 7.99. The molecule has 0 fully saturated rings. The number of benzene rings is 1. The van der Waals surface area contributed by atoms with E-state index in [2.05, 4.69) is 20.3 Å². The first-order chi connectivity index (χ1) is 10.6. The molecule has 0 bridgehead atoms. The second-order valence-corrected chi connectivity index (χ2v) is 5.50. The van der Waals surface area contributed by atoms with Crippen molar-refractivity contribution in [1.29, 1.82) is 0 Å². The summed E-state index contributed by atoms with van der Waals surface area (Å²) in [6, 6.07) is 5.78. The van der Waals surface area contributed by atoms with Crippen molar-refractivity contribution < 1.29 is 13.9 Å². The van der Waals surface area contributed by atoms with Crippen LogP contribution in [-0.2, 0) is 4.79 Å². The van der Waals surface area contributed by atoms with Crippen LogP contribution in [0.4, 0.5) is 6.01 Å². The molecule has 0 atom stereocenters. The maximum absolute atomic E-state index is 11.8. The molecule has 0 unspecified atom stereocenters. The molecule has 0 spiro atoms. The number of thioether (sulfide) groups is 1. The third kappa shape index (κ3) is 3.22. The molecule has 0 radical (unpaired) electrons. The number of rotatable bonds is 5. The lowest BCUT2D eigenvalue weighted by atomic mass is 10.3. The van der Waals surface area contributed by atoms with E-state index >= 15 is 0 Å². The number of carbonyl (C=O) groups is 1. The van der Waals surface area contributed by atoms with Crippen LogP contribution < -0.4 is 10.1 Å². The number of amides is 1. The first kappa shape index (κ1) is 14.5. The van der Waals surface area contributed by atoms with Gasteiger partial charge in [0.15, 0.2) is 5.16 Å². The van der Waals surface area contributed by atoms with Crippen molar-refractivity contribution in [3.05, 3.63) is 30.2 Å². The number of oxazole rings is 1. The predicted octanol–water partition coefficient (Wildman–Crippen LogP) is 2.60. The number of imidazole rings is 1. The zero-order chi connectivity index (χ0) is 15.5. The summed E-state index contributed by atoms with van der Waals surface area (Å²) in [6.07, 6.45) is 1.55. The molecule has 0 aliphatic heterocycles. The lowest BCUT2D eigenvalue weighted by molar-refractivity contribution is -0.113. The van der Waals surface area contributed by atoms with Gasteiger partial charge in [-0.15, -0.1) is 0 Å². The van der Waals surface area contributed by atoms with Crippen molar-refractivity contribution in [2.24, 2.45) is 0 Å². The molecule has 22 heavy (non-hydrogen) atoms. The Morgan fingerprint density at radius 2 is 2.36 bits per heavy atom. The molecular weight excluding hydrogens is 304 g/mol. The number of anilines is 1. The Labute approximate surface area is 130 Å². The summed E-state index contributed by atoms with van der Waals surface area (Å²) in [7, 11) is 1.61. The van der Waals surface area contributed by atoms with Gasteiger partial charge in [-0.2, -0.15) is 0 Å². The average molecular weight is 318 g/mol. The summed E-state index contributed by atoms with van der Waals surface area (Å²) < 4.78 is 10.4. The monoisotopic (exact) mass is 318 g/mol. The van der Waals surface area contributed by atoms with E-state index in [0.29, 0.717) is 10.9 Å². The number of H-pyrrole nitrogens is 1. The van der Waals surface area contributed by atoms with Crippen molar-refractivity contribution in [3.63, 3.8) is 0 Å². The molecule has 3 rings (SSSR count). The Balaban J connectivity index is 1.62. The maximum atomic E-state index is 11.8. The summed E-state index contributed by atoms with van der Waals surface area (Å²) in [5.74, 6) is 1.40. The Kier molecular flexibility index (Phi) is 4.01. The third-order valence-electron chi connectivity index (χ3n) is 2.87. The molecule has 8 heteroatoms. The van der Waals surface area contributed by atoms with Gasteiger partial charge in [-0.25, -0.2) is 9.97 Å². The molecule has 0 aliphatic carbocycles. The zero-order valence-electron chi connectivity index (χ0n) is 12.0. The quantitative estimate of drug-likeness (QED) is 0.702. The number of fused-ring (bicyclic) bond motifs is 1. The topological polar surface area (TPSA) is 93.0 Å². The summed E-state index contributed by atoms with van der Waals surface area (Å²) >= 11 is 1.30. The van der Waals surface area contributed by atoms with E-state index < -0.39 is 0 Å². The van der Waals surface area contributed by atoms with E-state index in [1.54, 1.807) is 20.2 Å². The van der Waals surface area contributed by atoms with E-state index in [-0.39, 0.29) is 17.7 Å². The predicted molar refractivity (Wildman–Crippen MR) is 83.2 cm³/mol. The fourth-order valence-electron chi connectivity index (χ4n) is 1.86. The van der Waals surface area contributed by atoms with Crippen LogP contribution >= 0.6 is 11.8 Å². The van der Waals surface area contributed by atoms with Gasteiger partial charge in [0.2, 0.25) is 5.91 Å². The van der Waals surface area contributed by atoms with Crippen LogP contribution in [0.3, 0.4) is 0 Å². The van der Waals surface area contributed by atoms with Crippen LogP contribution in [0.2, 0.25) is 0 Å². The normalized spacial score (nSPS) is 10.8. The van der Waals surface area contributed by atoms with Crippen LogP contribution in [0.15, 0.2) is 34.0 Å². The Morgan fingerprint density at radius 1 is 1.50 bits per heavy atom. The summed E-state index contributed by atoms with van der Waals surface area (Å²) in [5, 5.41) is 3.25. The second kappa shape index (κ2) is 6.10. The summed E-state index contributed by atoms with van der Waals surface area (Å²) in [5.41, 5.74) is 1.69. The highest BCUT2D eigenvalue weighted by Gasteiger charge is 2.10. The zero-order valence-corrected chi connectivity index (χ0v) is 12.9. The Hall–Kier alpha value is -2.48. The van der Waals surface area contributed by atoms with Gasteiger partial charge in [0.1, 0.15) is 11.5 Å². The highest BCUT2D eigenvalue weighted by atomic mass is 32.2. The molecule has 3 aromatic rings. The van der Waals surface area contributed by atoms with Gasteiger partial charge in [0.25, 0.3) is 0 Å². The van der Waals surface area contributed by atoms with Gasteiger partial charge in [0, 0.05) is 6.07 Å². The lowest BCUT2D eigenvalue weighted by Gasteiger charge is -1.98. The molecule has 2 aromatic heterocycles. The molecule has 1 amide bonds. The van der Waals surface area contributed by atoms with Crippen LogP contribution in [0, 0.1) is 6.92 Å². The minimum absolute atomic E-state index is 0.204. The number of aromatic amines is 1. The van der Waals surface area contributed by atoms with Gasteiger partial charge in [0.05, 0.1) is 30.1 Å². The first-order valence-electron chi connectivity index (χ1n) is 6.53. The smallest absolute Gasteiger partial charge is 0.301 e. The van der Waals surface area contributed by atoms with Crippen molar-refractivity contribution in [2.45, 2.75) is 12.1 Å². The molecule has 7 nitrogen and oxygen atoms in total. The van der Waals surface area contributed by atoms with Gasteiger partial charge in [-0.1, -0.05) is 11.8 Å². The summed E-state index contributed by atoms with van der Waals surface area (Å²) in [4.78, 5) is 23.3.